The Kier molecular flexibility index (Phi) is 4.08. The molecule has 0 bridgehead atoms. The third kappa shape index (κ3) is 3.02. The van der Waals surface area contributed by atoms with E-state index in [4.69, 9.17) is 16.3 Å². The zero-order valence-electron chi connectivity index (χ0n) is 10.3. The van der Waals surface area contributed by atoms with Gasteiger partial charge in [-0.25, -0.2) is 0 Å². The standard InChI is InChI=1S/C14H18ClNO/c1-10-7-11(9-12(15)8-10)14(16-2)13-5-3-4-6-17-13/h5,7-9,14,16H,3-4,6H2,1-2H3. The van der Waals surface area contributed by atoms with Crippen molar-refractivity contribution < 1.29 is 4.74 Å². The van der Waals surface area contributed by atoms with Crippen LogP contribution in [0.1, 0.15) is 30.0 Å². The molecule has 2 rings (SSSR count). The molecule has 0 aromatic heterocycles. The molecule has 1 unspecified atom stereocenters. The van der Waals surface area contributed by atoms with Crippen LogP contribution >= 0.6 is 11.6 Å². The van der Waals surface area contributed by atoms with E-state index in [0.29, 0.717) is 0 Å². The number of aryl methyl sites for hydroxylation is 1. The first-order valence-electron chi connectivity index (χ1n) is 5.98. The van der Waals surface area contributed by atoms with Gasteiger partial charge < -0.3 is 10.1 Å². The van der Waals surface area contributed by atoms with Gasteiger partial charge in [-0.1, -0.05) is 17.7 Å². The number of likely N-dealkylation sites (N-methyl/N-ethyl adjacent to an activating group) is 1. The molecule has 0 aliphatic carbocycles. The van der Waals surface area contributed by atoms with Gasteiger partial charge >= 0.3 is 0 Å². The predicted molar refractivity (Wildman–Crippen MR) is 71.3 cm³/mol. The molecule has 92 valence electrons. The van der Waals surface area contributed by atoms with Gasteiger partial charge in [0.15, 0.2) is 0 Å². The van der Waals surface area contributed by atoms with Gasteiger partial charge in [-0.05, 0) is 56.1 Å². The molecule has 0 spiro atoms. The van der Waals surface area contributed by atoms with Crippen molar-refractivity contribution in [3.8, 4) is 0 Å². The third-order valence-corrected chi connectivity index (χ3v) is 3.15. The van der Waals surface area contributed by atoms with Gasteiger partial charge in [0.1, 0.15) is 5.76 Å². The SMILES string of the molecule is CNC(C1=CCCCO1)c1cc(C)cc(Cl)c1. The topological polar surface area (TPSA) is 21.3 Å². The third-order valence-electron chi connectivity index (χ3n) is 2.93. The summed E-state index contributed by atoms with van der Waals surface area (Å²) in [6, 6.07) is 6.21. The van der Waals surface area contributed by atoms with Gasteiger partial charge in [-0.3, -0.25) is 0 Å². The van der Waals surface area contributed by atoms with Crippen LogP contribution in [0.2, 0.25) is 5.02 Å². The molecular formula is C14H18ClNO. The van der Waals surface area contributed by atoms with E-state index in [1.165, 1.54) is 5.56 Å². The zero-order valence-corrected chi connectivity index (χ0v) is 11.1. The van der Waals surface area contributed by atoms with E-state index in [0.717, 1.165) is 35.8 Å². The molecule has 1 aromatic rings. The molecule has 1 heterocycles. The summed E-state index contributed by atoms with van der Waals surface area (Å²) in [5.74, 6) is 1.01. The summed E-state index contributed by atoms with van der Waals surface area (Å²) < 4.78 is 5.72. The van der Waals surface area contributed by atoms with Crippen molar-refractivity contribution in [2.75, 3.05) is 13.7 Å². The molecule has 1 N–H and O–H groups in total. The van der Waals surface area contributed by atoms with Crippen molar-refractivity contribution in [2.24, 2.45) is 0 Å². The lowest BCUT2D eigenvalue weighted by molar-refractivity contribution is 0.169. The number of allylic oxidation sites excluding steroid dienone is 1. The Bertz CT molecular complexity index is 408. The molecule has 1 atom stereocenters. The summed E-state index contributed by atoms with van der Waals surface area (Å²) in [4.78, 5) is 0. The van der Waals surface area contributed by atoms with Crippen molar-refractivity contribution in [1.29, 1.82) is 0 Å². The first kappa shape index (κ1) is 12.5. The van der Waals surface area contributed by atoms with E-state index in [2.05, 4.69) is 24.4 Å². The minimum atomic E-state index is 0.104. The highest BCUT2D eigenvalue weighted by atomic mass is 35.5. The lowest BCUT2D eigenvalue weighted by Gasteiger charge is -2.24. The first-order valence-corrected chi connectivity index (χ1v) is 6.35. The monoisotopic (exact) mass is 251 g/mol. The Morgan fingerprint density at radius 3 is 2.76 bits per heavy atom. The van der Waals surface area contributed by atoms with Crippen LogP contribution in [0.15, 0.2) is 30.0 Å². The van der Waals surface area contributed by atoms with Crippen LogP contribution in [0.4, 0.5) is 0 Å². The van der Waals surface area contributed by atoms with Crippen LogP contribution in [-0.2, 0) is 4.74 Å². The van der Waals surface area contributed by atoms with E-state index in [1.807, 2.05) is 19.2 Å². The number of hydrogen-bond acceptors (Lipinski definition) is 2. The van der Waals surface area contributed by atoms with Gasteiger partial charge in [0, 0.05) is 5.02 Å². The van der Waals surface area contributed by atoms with Gasteiger partial charge in [-0.2, -0.15) is 0 Å². The second-order valence-electron chi connectivity index (χ2n) is 4.38. The number of hydrogen-bond donors (Lipinski definition) is 1. The molecular weight excluding hydrogens is 234 g/mol. The summed E-state index contributed by atoms with van der Waals surface area (Å²) in [6.07, 6.45) is 4.36. The quantitative estimate of drug-likeness (QED) is 0.886. The van der Waals surface area contributed by atoms with Crippen LogP contribution < -0.4 is 5.32 Å². The maximum absolute atomic E-state index is 6.10. The summed E-state index contributed by atoms with van der Waals surface area (Å²) in [6.45, 7) is 2.86. The van der Waals surface area contributed by atoms with E-state index >= 15 is 0 Å². The van der Waals surface area contributed by atoms with Gasteiger partial charge in [0.25, 0.3) is 0 Å². The zero-order chi connectivity index (χ0) is 12.3. The van der Waals surface area contributed by atoms with Crippen molar-refractivity contribution in [2.45, 2.75) is 25.8 Å². The lowest BCUT2D eigenvalue weighted by atomic mass is 10.0. The van der Waals surface area contributed by atoms with Gasteiger partial charge in [0.05, 0.1) is 12.6 Å². The number of halogens is 1. The van der Waals surface area contributed by atoms with Crippen LogP contribution in [-0.4, -0.2) is 13.7 Å². The highest BCUT2D eigenvalue weighted by Gasteiger charge is 2.18. The smallest absolute Gasteiger partial charge is 0.113 e. The Hall–Kier alpha value is -0.990. The number of ether oxygens (including phenoxy) is 1. The minimum Gasteiger partial charge on any atom is -0.496 e. The van der Waals surface area contributed by atoms with Crippen molar-refractivity contribution in [3.05, 3.63) is 46.2 Å². The Morgan fingerprint density at radius 2 is 2.18 bits per heavy atom. The minimum absolute atomic E-state index is 0.104. The normalized spacial score (nSPS) is 17.2. The molecule has 0 saturated heterocycles. The lowest BCUT2D eigenvalue weighted by Crippen LogP contribution is -2.22. The first-order chi connectivity index (χ1) is 8.20. The molecule has 0 fully saturated rings. The largest absolute Gasteiger partial charge is 0.496 e. The number of benzene rings is 1. The molecule has 3 heteroatoms. The van der Waals surface area contributed by atoms with Crippen LogP contribution in [0.5, 0.6) is 0 Å². The van der Waals surface area contributed by atoms with E-state index in [1.54, 1.807) is 0 Å². The number of rotatable bonds is 3. The molecule has 1 aliphatic rings. The summed E-state index contributed by atoms with van der Waals surface area (Å²) in [7, 11) is 1.94. The Labute approximate surface area is 108 Å². The second kappa shape index (κ2) is 5.56. The average Bonchev–Trinajstić information content (AvgIpc) is 2.30. The van der Waals surface area contributed by atoms with Gasteiger partial charge in [-0.15, -0.1) is 0 Å². The summed E-state index contributed by atoms with van der Waals surface area (Å²) in [5, 5.41) is 4.07. The fourth-order valence-corrected chi connectivity index (χ4v) is 2.48. The molecule has 2 nitrogen and oxygen atoms in total. The highest BCUT2D eigenvalue weighted by molar-refractivity contribution is 6.30. The molecule has 17 heavy (non-hydrogen) atoms. The van der Waals surface area contributed by atoms with Crippen LogP contribution in [0, 0.1) is 6.92 Å². The highest BCUT2D eigenvalue weighted by Crippen LogP contribution is 2.28. The van der Waals surface area contributed by atoms with E-state index < -0.39 is 0 Å². The predicted octanol–water partition coefficient (Wildman–Crippen LogP) is 3.60. The molecule has 1 aromatic carbocycles. The molecule has 0 saturated carbocycles. The second-order valence-corrected chi connectivity index (χ2v) is 4.82. The Morgan fingerprint density at radius 1 is 1.35 bits per heavy atom. The van der Waals surface area contributed by atoms with E-state index in [-0.39, 0.29) is 6.04 Å². The van der Waals surface area contributed by atoms with Gasteiger partial charge in [0.2, 0.25) is 0 Å². The molecule has 0 radical (unpaired) electrons. The molecule has 0 amide bonds. The molecule has 1 aliphatic heterocycles. The summed E-state index contributed by atoms with van der Waals surface area (Å²) in [5.41, 5.74) is 2.33. The maximum atomic E-state index is 6.10. The average molecular weight is 252 g/mol. The maximum Gasteiger partial charge on any atom is 0.113 e. The van der Waals surface area contributed by atoms with Crippen LogP contribution in [0.25, 0.3) is 0 Å². The van der Waals surface area contributed by atoms with Crippen LogP contribution in [0.3, 0.4) is 0 Å². The van der Waals surface area contributed by atoms with Crippen molar-refractivity contribution >= 4 is 11.6 Å². The van der Waals surface area contributed by atoms with Crippen molar-refractivity contribution in [1.82, 2.24) is 5.32 Å². The number of nitrogens with one attached hydrogen (secondary N) is 1. The fourth-order valence-electron chi connectivity index (χ4n) is 2.18. The summed E-state index contributed by atoms with van der Waals surface area (Å²) >= 11 is 6.10. The Balaban J connectivity index is 2.31. The fraction of sp³-hybridized carbons (Fsp3) is 0.429. The van der Waals surface area contributed by atoms with E-state index in [9.17, 15) is 0 Å². The van der Waals surface area contributed by atoms with Crippen molar-refractivity contribution in [3.63, 3.8) is 0 Å².